The second-order valence-corrected chi connectivity index (χ2v) is 1.04. The lowest BCUT2D eigenvalue weighted by Crippen LogP contribution is -2.19. The van der Waals surface area contributed by atoms with Gasteiger partial charge in [-0.15, -0.1) is 0 Å². The normalized spacial score (nSPS) is 17.7. The summed E-state index contributed by atoms with van der Waals surface area (Å²) in [6, 6.07) is 0. The van der Waals surface area contributed by atoms with Crippen LogP contribution in [0.2, 0.25) is 0 Å². The first kappa shape index (κ1) is 3.98. The Morgan fingerprint density at radius 2 is 2.29 bits per heavy atom. The van der Waals surface area contributed by atoms with Crippen molar-refractivity contribution in [2.75, 3.05) is 0 Å². The number of carbonyl (C=O) groups excluding carboxylic acids is 2. The third-order valence-electron chi connectivity index (χ3n) is 0.572. The highest BCUT2D eigenvalue weighted by molar-refractivity contribution is 6.41. The molecule has 0 saturated carbocycles. The highest BCUT2D eigenvalue weighted by atomic mass is 16.2. The van der Waals surface area contributed by atoms with E-state index in [1.165, 1.54) is 0 Å². The lowest BCUT2D eigenvalue weighted by molar-refractivity contribution is -0.135. The summed E-state index contributed by atoms with van der Waals surface area (Å²) in [5.41, 5.74) is 0. The molecule has 4 nitrogen and oxygen atoms in total. The van der Waals surface area contributed by atoms with Crippen LogP contribution in [0.1, 0.15) is 0 Å². The second kappa shape index (κ2) is 1.14. The van der Waals surface area contributed by atoms with E-state index in [1.54, 1.807) is 0 Å². The molecule has 1 N–H and O–H groups in total. The fourth-order valence-corrected chi connectivity index (χ4v) is 0.270. The number of nitrogens with zero attached hydrogens (tertiary/aromatic N) is 1. The molecule has 0 aliphatic carbocycles. The molecule has 1 rings (SSSR count). The first-order valence-electron chi connectivity index (χ1n) is 1.68. The molecule has 7 heavy (non-hydrogen) atoms. The van der Waals surface area contributed by atoms with E-state index in [0.29, 0.717) is 0 Å². The topological polar surface area (TPSA) is 58.5 Å². The molecule has 0 spiro atoms. The van der Waals surface area contributed by atoms with Gasteiger partial charge in [0.25, 0.3) is 0 Å². The van der Waals surface area contributed by atoms with Gasteiger partial charge in [0.2, 0.25) is 0 Å². The predicted octanol–water partition coefficient (Wildman–Crippen LogP) is -1.33. The van der Waals surface area contributed by atoms with Crippen molar-refractivity contribution in [1.29, 1.82) is 0 Å². The van der Waals surface area contributed by atoms with E-state index in [2.05, 4.69) is 10.3 Å². The quantitative estimate of drug-likeness (QED) is 0.381. The van der Waals surface area contributed by atoms with Gasteiger partial charge in [-0.1, -0.05) is 0 Å². The first-order chi connectivity index (χ1) is 3.30. The highest BCUT2D eigenvalue weighted by Crippen LogP contribution is 1.78. The summed E-state index contributed by atoms with van der Waals surface area (Å²) in [6.45, 7) is 0. The minimum atomic E-state index is -0.722. The molecule has 0 bridgehead atoms. The van der Waals surface area contributed by atoms with E-state index in [9.17, 15) is 9.59 Å². The van der Waals surface area contributed by atoms with Gasteiger partial charge in [0.1, 0.15) is 0 Å². The van der Waals surface area contributed by atoms with Crippen molar-refractivity contribution >= 4 is 18.2 Å². The van der Waals surface area contributed by atoms with Crippen molar-refractivity contribution in [3.05, 3.63) is 0 Å². The number of hydrogen-bond donors (Lipinski definition) is 1. The van der Waals surface area contributed by atoms with Crippen molar-refractivity contribution in [1.82, 2.24) is 5.32 Å². The van der Waals surface area contributed by atoms with Gasteiger partial charge in [-0.25, -0.2) is 0 Å². The summed E-state index contributed by atoms with van der Waals surface area (Å²) in [5, 5.41) is 2.09. The zero-order valence-electron chi connectivity index (χ0n) is 3.34. The maximum atomic E-state index is 9.99. The van der Waals surface area contributed by atoms with Crippen LogP contribution in [0, 0.1) is 0 Å². The first-order valence-corrected chi connectivity index (χ1v) is 1.68. The maximum absolute atomic E-state index is 9.99. The smallest absolute Gasteiger partial charge is 0.308 e. The van der Waals surface area contributed by atoms with Crippen molar-refractivity contribution in [2.24, 2.45) is 4.99 Å². The molecule has 1 aliphatic heterocycles. The number of hydrogen-bond acceptors (Lipinski definition) is 2. The summed E-state index contributed by atoms with van der Waals surface area (Å²) in [7, 11) is 0. The van der Waals surface area contributed by atoms with Crippen molar-refractivity contribution < 1.29 is 9.59 Å². The number of rotatable bonds is 0. The molecule has 1 heterocycles. The molecule has 36 valence electrons. The number of nitrogens with one attached hydrogen (secondary N) is 1. The lowest BCUT2D eigenvalue weighted by atomic mass is 10.6. The molecular weight excluding hydrogens is 96.0 g/mol. The largest absolute Gasteiger partial charge is 0.336 e. The van der Waals surface area contributed by atoms with Crippen LogP contribution in [0.3, 0.4) is 0 Å². The van der Waals surface area contributed by atoms with Crippen LogP contribution >= 0.6 is 0 Å². The summed E-state index contributed by atoms with van der Waals surface area (Å²) in [6.07, 6.45) is 1.07. The monoisotopic (exact) mass is 98.0 g/mol. The standard InChI is InChI=1S/C3H2N2O2/c6-2-3(7)5-1-4-2/h1H,(H,4,5,6,7). The van der Waals surface area contributed by atoms with Crippen molar-refractivity contribution in [3.8, 4) is 0 Å². The number of carbonyl (C=O) groups is 2. The van der Waals surface area contributed by atoms with Gasteiger partial charge in [-0.3, -0.25) is 9.59 Å². The van der Waals surface area contributed by atoms with Gasteiger partial charge < -0.3 is 5.32 Å². The van der Waals surface area contributed by atoms with Crippen LogP contribution in [-0.2, 0) is 9.59 Å². The van der Waals surface area contributed by atoms with E-state index >= 15 is 0 Å². The highest BCUT2D eigenvalue weighted by Gasteiger charge is 2.14. The molecule has 0 radical (unpaired) electrons. The van der Waals surface area contributed by atoms with Crippen LogP contribution in [0.25, 0.3) is 0 Å². The van der Waals surface area contributed by atoms with Crippen LogP contribution in [-0.4, -0.2) is 18.2 Å². The Bertz CT molecular complexity index is 149. The Balaban J connectivity index is 2.81. The molecule has 4 heteroatoms. The third-order valence-corrected chi connectivity index (χ3v) is 0.572. The molecule has 2 amide bonds. The lowest BCUT2D eigenvalue weighted by Gasteiger charge is -1.75. The van der Waals surface area contributed by atoms with Gasteiger partial charge in [-0.05, 0) is 0 Å². The minimum Gasteiger partial charge on any atom is -0.308 e. The number of amides is 2. The van der Waals surface area contributed by atoms with Crippen molar-refractivity contribution in [2.45, 2.75) is 0 Å². The van der Waals surface area contributed by atoms with Crippen LogP contribution < -0.4 is 5.32 Å². The SMILES string of the molecule is O=C1N=CNC1=O. The van der Waals surface area contributed by atoms with Gasteiger partial charge in [0, 0.05) is 0 Å². The summed E-state index contributed by atoms with van der Waals surface area (Å²) < 4.78 is 0. The van der Waals surface area contributed by atoms with Gasteiger partial charge in [0.05, 0.1) is 6.34 Å². The Morgan fingerprint density at radius 1 is 1.57 bits per heavy atom. The molecule has 0 aromatic rings. The summed E-state index contributed by atoms with van der Waals surface area (Å²) in [4.78, 5) is 23.0. The predicted molar refractivity (Wildman–Crippen MR) is 21.6 cm³/mol. The van der Waals surface area contributed by atoms with Gasteiger partial charge >= 0.3 is 11.8 Å². The Hall–Kier alpha value is -1.19. The van der Waals surface area contributed by atoms with E-state index in [1.807, 2.05) is 0 Å². The Labute approximate surface area is 39.2 Å². The average Bonchev–Trinajstić information content (AvgIpc) is 1.91. The molecule has 0 atom stereocenters. The average molecular weight is 98.1 g/mol. The molecule has 0 saturated heterocycles. The Kier molecular flexibility index (Phi) is 0.651. The molecule has 0 aromatic carbocycles. The van der Waals surface area contributed by atoms with Crippen molar-refractivity contribution in [3.63, 3.8) is 0 Å². The van der Waals surface area contributed by atoms with Crippen LogP contribution in [0.4, 0.5) is 0 Å². The second-order valence-electron chi connectivity index (χ2n) is 1.04. The van der Waals surface area contributed by atoms with Gasteiger partial charge in [-0.2, -0.15) is 4.99 Å². The van der Waals surface area contributed by atoms with E-state index in [4.69, 9.17) is 0 Å². The number of aliphatic imine (C=N–C) groups is 1. The molecule has 1 aliphatic rings. The third kappa shape index (κ3) is 0.489. The van der Waals surface area contributed by atoms with Crippen LogP contribution in [0.15, 0.2) is 4.99 Å². The summed E-state index contributed by atoms with van der Waals surface area (Å²) in [5.74, 6) is -1.37. The molecule has 0 aromatic heterocycles. The minimum absolute atomic E-state index is 0.653. The molecule has 0 unspecified atom stereocenters. The van der Waals surface area contributed by atoms with E-state index in [-0.39, 0.29) is 0 Å². The van der Waals surface area contributed by atoms with E-state index < -0.39 is 11.8 Å². The zero-order chi connectivity index (χ0) is 5.28. The van der Waals surface area contributed by atoms with Gasteiger partial charge in [0.15, 0.2) is 0 Å². The fraction of sp³-hybridized carbons (Fsp3) is 0. The maximum Gasteiger partial charge on any atom is 0.336 e. The molecular formula is C3H2N2O2. The van der Waals surface area contributed by atoms with Crippen LogP contribution in [0.5, 0.6) is 0 Å². The molecule has 0 fully saturated rings. The Morgan fingerprint density at radius 3 is 2.43 bits per heavy atom. The zero-order valence-corrected chi connectivity index (χ0v) is 3.34. The summed E-state index contributed by atoms with van der Waals surface area (Å²) >= 11 is 0. The van der Waals surface area contributed by atoms with E-state index in [0.717, 1.165) is 6.34 Å². The fourth-order valence-electron chi connectivity index (χ4n) is 0.270.